The number of aryl methyl sites for hydroxylation is 2. The van der Waals surface area contributed by atoms with Crippen LogP contribution in [0.5, 0.6) is 0 Å². The Morgan fingerprint density at radius 1 is 0.977 bits per heavy atom. The van der Waals surface area contributed by atoms with Gasteiger partial charge < -0.3 is 25.5 Å². The van der Waals surface area contributed by atoms with Crippen LogP contribution in [-0.4, -0.2) is 31.3 Å². The van der Waals surface area contributed by atoms with Gasteiger partial charge in [0, 0.05) is 40.1 Å². The van der Waals surface area contributed by atoms with Gasteiger partial charge in [0.1, 0.15) is 0 Å². The van der Waals surface area contributed by atoms with Crippen molar-refractivity contribution in [1.29, 1.82) is 0 Å². The van der Waals surface area contributed by atoms with E-state index in [4.69, 9.17) is 0 Å². The van der Waals surface area contributed by atoms with Gasteiger partial charge >= 0.3 is 6.18 Å². The van der Waals surface area contributed by atoms with Crippen molar-refractivity contribution >= 4 is 46.2 Å². The molecule has 4 N–H and O–H groups in total. The minimum absolute atomic E-state index is 0.155. The monoisotopic (exact) mass is 583 g/mol. The lowest BCUT2D eigenvalue weighted by Crippen LogP contribution is -2.15. The molecule has 2 amide bonds. The fourth-order valence-corrected chi connectivity index (χ4v) is 4.74. The normalized spacial score (nSPS) is 13.6. The molecule has 0 saturated carbocycles. The maximum Gasteiger partial charge on any atom is 0.416 e. The van der Waals surface area contributed by atoms with E-state index in [0.29, 0.717) is 34.0 Å². The summed E-state index contributed by atoms with van der Waals surface area (Å²) in [5.74, 6) is -0.930. The van der Waals surface area contributed by atoms with Crippen molar-refractivity contribution in [2.75, 3.05) is 16.0 Å². The molecule has 3 heterocycles. The molecule has 2 aromatic heterocycles. The lowest BCUT2D eigenvalue weighted by Gasteiger charge is -2.14. The summed E-state index contributed by atoms with van der Waals surface area (Å²) in [5.41, 5.74) is 4.78. The Hall–Kier alpha value is -5.65. The average Bonchev–Trinajstić information content (AvgIpc) is 3.66. The van der Waals surface area contributed by atoms with Crippen LogP contribution in [0.15, 0.2) is 79.5 Å². The van der Waals surface area contributed by atoms with Crippen LogP contribution in [0, 0.1) is 13.8 Å². The van der Waals surface area contributed by atoms with Crippen LogP contribution in [0.3, 0.4) is 0 Å². The molecule has 0 spiro atoms. The number of imidazole rings is 2. The van der Waals surface area contributed by atoms with Crippen molar-refractivity contribution < 1.29 is 22.8 Å². The number of hydrogen-bond donors (Lipinski definition) is 4. The summed E-state index contributed by atoms with van der Waals surface area (Å²) in [6.07, 6.45) is 1.65. The van der Waals surface area contributed by atoms with Gasteiger partial charge in [-0.05, 0) is 68.5 Å². The zero-order valence-electron chi connectivity index (χ0n) is 22.9. The largest absolute Gasteiger partial charge is 0.416 e. The number of rotatable bonds is 6. The van der Waals surface area contributed by atoms with Crippen molar-refractivity contribution in [3.8, 4) is 5.69 Å². The van der Waals surface area contributed by atoms with Crippen molar-refractivity contribution in [1.82, 2.24) is 19.5 Å². The quantitative estimate of drug-likeness (QED) is 0.166. The Kier molecular flexibility index (Phi) is 6.81. The number of H-pyrrole nitrogens is 1. The number of hydrogen-bond acceptors (Lipinski definition) is 5. The summed E-state index contributed by atoms with van der Waals surface area (Å²) in [6.45, 7) is 3.56. The first-order chi connectivity index (χ1) is 20.5. The number of halogens is 3. The Labute approximate surface area is 243 Å². The summed E-state index contributed by atoms with van der Waals surface area (Å²) in [7, 11) is 0. The average molecular weight is 584 g/mol. The van der Waals surface area contributed by atoms with Crippen molar-refractivity contribution in [3.63, 3.8) is 0 Å². The summed E-state index contributed by atoms with van der Waals surface area (Å²) >= 11 is 0. The topological polar surface area (TPSA) is 117 Å². The number of alkyl halides is 3. The van der Waals surface area contributed by atoms with Crippen molar-refractivity contribution in [2.24, 2.45) is 0 Å². The Balaban J connectivity index is 1.21. The standard InChI is InChI=1S/C31H24F3N7O2/c1-17-14-41(16-37-17)24-9-19(8-20(10-24)31(32,33)34)29(42)39-22-5-3-4-21(11-22)38-23-6-7-25-26(30(43)40-28(25)12-23)13-27-18(2)35-15-36-27/h3-16,38H,1-2H3,(H,35,36)(H,39,42)(H,40,43). The van der Waals surface area contributed by atoms with Gasteiger partial charge in [-0.25, -0.2) is 9.97 Å². The Morgan fingerprint density at radius 3 is 2.49 bits per heavy atom. The van der Waals surface area contributed by atoms with Crippen LogP contribution < -0.4 is 16.0 Å². The number of nitrogens with zero attached hydrogens (tertiary/aromatic N) is 3. The van der Waals surface area contributed by atoms with E-state index in [9.17, 15) is 22.8 Å². The van der Waals surface area contributed by atoms with Crippen LogP contribution >= 0.6 is 0 Å². The molecule has 0 radical (unpaired) electrons. The minimum Gasteiger partial charge on any atom is -0.355 e. The predicted octanol–water partition coefficient (Wildman–Crippen LogP) is 6.72. The van der Waals surface area contributed by atoms with Crippen LogP contribution in [0.25, 0.3) is 17.3 Å². The highest BCUT2D eigenvalue weighted by Gasteiger charge is 2.32. The molecule has 0 unspecified atom stereocenters. The van der Waals surface area contributed by atoms with E-state index in [1.165, 1.54) is 17.0 Å². The van der Waals surface area contributed by atoms with Gasteiger partial charge in [-0.3, -0.25) is 9.59 Å². The molecular weight excluding hydrogens is 559 g/mol. The highest BCUT2D eigenvalue weighted by Crippen LogP contribution is 2.36. The molecule has 12 heteroatoms. The van der Waals surface area contributed by atoms with Gasteiger partial charge in [0.25, 0.3) is 11.8 Å². The fraction of sp³-hybridized carbons (Fsp3) is 0.0968. The van der Waals surface area contributed by atoms with Crippen LogP contribution in [0.2, 0.25) is 0 Å². The first-order valence-electron chi connectivity index (χ1n) is 13.1. The van der Waals surface area contributed by atoms with E-state index in [0.717, 1.165) is 29.1 Å². The summed E-state index contributed by atoms with van der Waals surface area (Å²) < 4.78 is 42.4. The van der Waals surface area contributed by atoms with Gasteiger partial charge in [-0.15, -0.1) is 0 Å². The fourth-order valence-electron chi connectivity index (χ4n) is 4.74. The van der Waals surface area contributed by atoms with Crippen LogP contribution in [0.1, 0.15) is 38.6 Å². The molecule has 43 heavy (non-hydrogen) atoms. The summed E-state index contributed by atoms with van der Waals surface area (Å²) in [4.78, 5) is 37.0. The molecule has 0 saturated heterocycles. The van der Waals surface area contributed by atoms with E-state index >= 15 is 0 Å². The van der Waals surface area contributed by atoms with Crippen molar-refractivity contribution in [2.45, 2.75) is 20.0 Å². The Bertz CT molecular complexity index is 1920. The summed E-state index contributed by atoms with van der Waals surface area (Å²) in [6, 6.07) is 15.4. The molecule has 6 rings (SSSR count). The highest BCUT2D eigenvalue weighted by molar-refractivity contribution is 6.35. The molecule has 0 bridgehead atoms. The van der Waals surface area contributed by atoms with Crippen LogP contribution in [-0.2, 0) is 11.0 Å². The minimum atomic E-state index is -4.64. The maximum absolute atomic E-state index is 13.7. The molecule has 9 nitrogen and oxygen atoms in total. The van der Waals surface area contributed by atoms with E-state index in [1.54, 1.807) is 55.9 Å². The molecule has 0 atom stereocenters. The molecule has 216 valence electrons. The van der Waals surface area contributed by atoms with Crippen molar-refractivity contribution in [3.05, 3.63) is 113 Å². The lowest BCUT2D eigenvalue weighted by atomic mass is 10.0. The van der Waals surface area contributed by atoms with Gasteiger partial charge in [0.2, 0.25) is 0 Å². The predicted molar refractivity (Wildman–Crippen MR) is 157 cm³/mol. The number of benzene rings is 3. The third kappa shape index (κ3) is 5.75. The summed E-state index contributed by atoms with van der Waals surface area (Å²) in [5, 5.41) is 8.79. The first kappa shape index (κ1) is 27.5. The molecule has 5 aromatic rings. The van der Waals surface area contributed by atoms with E-state index < -0.39 is 17.6 Å². The number of amides is 2. The second kappa shape index (κ2) is 10.6. The lowest BCUT2D eigenvalue weighted by molar-refractivity contribution is -0.137. The second-order valence-corrected chi connectivity index (χ2v) is 10.0. The molecule has 0 fully saturated rings. The molecule has 0 aliphatic carbocycles. The third-order valence-corrected chi connectivity index (χ3v) is 6.89. The zero-order chi connectivity index (χ0) is 30.3. The van der Waals surface area contributed by atoms with Gasteiger partial charge in [0.15, 0.2) is 0 Å². The molecule has 1 aliphatic rings. The molecular formula is C31H24F3N7O2. The number of aromatic amines is 1. The smallest absolute Gasteiger partial charge is 0.355 e. The zero-order valence-corrected chi connectivity index (χ0v) is 22.9. The van der Waals surface area contributed by atoms with Gasteiger partial charge in [0.05, 0.1) is 46.6 Å². The van der Waals surface area contributed by atoms with Gasteiger partial charge in [-0.1, -0.05) is 12.1 Å². The number of carbonyl (C=O) groups is 2. The van der Waals surface area contributed by atoms with E-state index in [-0.39, 0.29) is 17.2 Å². The number of fused-ring (bicyclic) bond motifs is 1. The van der Waals surface area contributed by atoms with Gasteiger partial charge in [-0.2, -0.15) is 13.2 Å². The third-order valence-electron chi connectivity index (χ3n) is 6.89. The molecule has 1 aliphatic heterocycles. The highest BCUT2D eigenvalue weighted by atomic mass is 19.4. The van der Waals surface area contributed by atoms with E-state index in [1.807, 2.05) is 19.1 Å². The molecule has 3 aromatic carbocycles. The number of carbonyl (C=O) groups excluding carboxylic acids is 2. The number of aromatic nitrogens is 4. The first-order valence-corrected chi connectivity index (χ1v) is 13.1. The Morgan fingerprint density at radius 2 is 1.77 bits per heavy atom. The van der Waals surface area contributed by atoms with E-state index in [2.05, 4.69) is 30.9 Å². The van der Waals surface area contributed by atoms with Crippen LogP contribution in [0.4, 0.5) is 35.9 Å². The second-order valence-electron chi connectivity index (χ2n) is 10.0. The number of nitrogens with one attached hydrogen (secondary N) is 4. The SMILES string of the molecule is Cc1cn(-c2cc(C(=O)Nc3cccc(Nc4ccc5c(c4)NC(=O)C5=Cc4[nH]cnc4C)c3)cc(C(F)(F)F)c2)cn1. The maximum atomic E-state index is 13.7. The number of anilines is 4.